The number of likely N-dealkylation sites (tertiary alicyclic amines) is 1. The van der Waals surface area contributed by atoms with E-state index in [2.05, 4.69) is 37.9 Å². The monoisotopic (exact) mass is 268 g/mol. The van der Waals surface area contributed by atoms with E-state index in [9.17, 15) is 0 Å². The lowest BCUT2D eigenvalue weighted by atomic mass is 9.71. The minimum Gasteiger partial charge on any atom is -0.315 e. The predicted molar refractivity (Wildman–Crippen MR) is 74.9 cm³/mol. The van der Waals surface area contributed by atoms with Crippen LogP contribution >= 0.6 is 24.8 Å². The van der Waals surface area contributed by atoms with Crippen molar-refractivity contribution < 1.29 is 0 Å². The second-order valence-electron chi connectivity index (χ2n) is 6.32. The predicted octanol–water partition coefficient (Wildman–Crippen LogP) is 2.56. The summed E-state index contributed by atoms with van der Waals surface area (Å²) in [7, 11) is 0. The first-order valence-corrected chi connectivity index (χ1v) is 5.87. The van der Waals surface area contributed by atoms with E-state index in [1.165, 1.54) is 32.6 Å². The van der Waals surface area contributed by atoms with Crippen LogP contribution in [0.25, 0.3) is 0 Å². The summed E-state index contributed by atoms with van der Waals surface area (Å²) in [5.74, 6) is 0. The molecule has 0 amide bonds. The minimum atomic E-state index is 0. The molecule has 0 aliphatic carbocycles. The van der Waals surface area contributed by atoms with Crippen molar-refractivity contribution in [3.63, 3.8) is 0 Å². The maximum atomic E-state index is 3.46. The lowest BCUT2D eigenvalue weighted by Gasteiger charge is -2.33. The first-order chi connectivity index (χ1) is 6.42. The van der Waals surface area contributed by atoms with Gasteiger partial charge in [0.05, 0.1) is 0 Å². The molecular formula is C12H26Cl2N2. The number of nitrogens with one attached hydrogen (secondary N) is 1. The molecular weight excluding hydrogens is 243 g/mol. The fourth-order valence-electron chi connectivity index (χ4n) is 2.71. The fourth-order valence-corrected chi connectivity index (χ4v) is 2.71. The highest BCUT2D eigenvalue weighted by atomic mass is 35.5. The van der Waals surface area contributed by atoms with E-state index in [4.69, 9.17) is 0 Å². The van der Waals surface area contributed by atoms with Gasteiger partial charge in [0, 0.05) is 25.7 Å². The van der Waals surface area contributed by atoms with Gasteiger partial charge in [0.15, 0.2) is 0 Å². The summed E-state index contributed by atoms with van der Waals surface area (Å²) in [6, 6.07) is 0.802. The van der Waals surface area contributed by atoms with Crippen LogP contribution in [0.4, 0.5) is 0 Å². The molecule has 0 radical (unpaired) electrons. The maximum Gasteiger partial charge on any atom is 0.0233 e. The van der Waals surface area contributed by atoms with E-state index in [1.807, 2.05) is 0 Å². The molecule has 2 fully saturated rings. The van der Waals surface area contributed by atoms with Gasteiger partial charge in [0.1, 0.15) is 0 Å². The smallest absolute Gasteiger partial charge is 0.0233 e. The normalized spacial score (nSPS) is 31.9. The van der Waals surface area contributed by atoms with E-state index in [1.54, 1.807) is 0 Å². The van der Waals surface area contributed by atoms with Crippen LogP contribution in [0, 0.1) is 10.8 Å². The molecule has 0 spiro atoms. The molecule has 1 atom stereocenters. The van der Waals surface area contributed by atoms with Crippen LogP contribution in [0.5, 0.6) is 0 Å². The van der Waals surface area contributed by atoms with Crippen LogP contribution in [0.15, 0.2) is 0 Å². The van der Waals surface area contributed by atoms with Crippen LogP contribution in [-0.2, 0) is 0 Å². The highest BCUT2D eigenvalue weighted by molar-refractivity contribution is 5.85. The molecule has 0 aromatic rings. The summed E-state index contributed by atoms with van der Waals surface area (Å²) in [5, 5.41) is 3.46. The average molecular weight is 269 g/mol. The average Bonchev–Trinajstić information content (AvgIpc) is 2.58. The Morgan fingerprint density at radius 3 is 1.88 bits per heavy atom. The molecule has 0 unspecified atom stereocenters. The third-order valence-electron chi connectivity index (χ3n) is 4.58. The third kappa shape index (κ3) is 2.84. The summed E-state index contributed by atoms with van der Waals surface area (Å²) < 4.78 is 0. The summed E-state index contributed by atoms with van der Waals surface area (Å²) in [6.07, 6.45) is 1.34. The van der Waals surface area contributed by atoms with Crippen LogP contribution in [-0.4, -0.2) is 37.1 Å². The first kappa shape index (κ1) is 16.5. The van der Waals surface area contributed by atoms with E-state index < -0.39 is 0 Å². The van der Waals surface area contributed by atoms with E-state index >= 15 is 0 Å². The second-order valence-corrected chi connectivity index (χ2v) is 6.32. The Kier molecular flexibility index (Phi) is 5.60. The molecule has 2 aliphatic rings. The van der Waals surface area contributed by atoms with Crippen molar-refractivity contribution in [3.05, 3.63) is 0 Å². The number of hydrogen-bond acceptors (Lipinski definition) is 2. The van der Waals surface area contributed by atoms with Crippen LogP contribution in [0.2, 0.25) is 0 Å². The van der Waals surface area contributed by atoms with Crippen LogP contribution in [0.3, 0.4) is 0 Å². The van der Waals surface area contributed by atoms with E-state index in [0.717, 1.165) is 6.04 Å². The second kappa shape index (κ2) is 5.43. The van der Waals surface area contributed by atoms with Crippen LogP contribution < -0.4 is 5.32 Å². The largest absolute Gasteiger partial charge is 0.315 e. The molecule has 2 nitrogen and oxygen atoms in total. The van der Waals surface area contributed by atoms with E-state index in [-0.39, 0.29) is 24.8 Å². The SMILES string of the molecule is CC1(C)CN([C@H]2CCNC2)CC1(C)C.Cl.Cl. The number of halogens is 2. The van der Waals surface area contributed by atoms with Crippen molar-refractivity contribution in [2.75, 3.05) is 26.2 Å². The number of nitrogens with zero attached hydrogens (tertiary/aromatic N) is 1. The first-order valence-electron chi connectivity index (χ1n) is 5.87. The number of hydrogen-bond donors (Lipinski definition) is 1. The van der Waals surface area contributed by atoms with Crippen molar-refractivity contribution in [2.45, 2.75) is 40.2 Å². The van der Waals surface area contributed by atoms with Crippen LogP contribution in [0.1, 0.15) is 34.1 Å². The van der Waals surface area contributed by atoms with Gasteiger partial charge in [-0.05, 0) is 23.8 Å². The topological polar surface area (TPSA) is 15.3 Å². The van der Waals surface area contributed by atoms with Gasteiger partial charge in [-0.2, -0.15) is 0 Å². The van der Waals surface area contributed by atoms with Gasteiger partial charge in [-0.25, -0.2) is 0 Å². The molecule has 2 heterocycles. The lowest BCUT2D eigenvalue weighted by Crippen LogP contribution is -2.36. The van der Waals surface area contributed by atoms with Gasteiger partial charge >= 0.3 is 0 Å². The molecule has 98 valence electrons. The van der Waals surface area contributed by atoms with Gasteiger partial charge in [0.2, 0.25) is 0 Å². The Balaban J connectivity index is 0.00000112. The van der Waals surface area contributed by atoms with Crippen molar-refractivity contribution in [3.8, 4) is 0 Å². The summed E-state index contributed by atoms with van der Waals surface area (Å²) in [5.41, 5.74) is 0.936. The third-order valence-corrected chi connectivity index (χ3v) is 4.58. The van der Waals surface area contributed by atoms with Crippen molar-refractivity contribution in [1.82, 2.24) is 10.2 Å². The van der Waals surface area contributed by atoms with Gasteiger partial charge in [-0.15, -0.1) is 24.8 Å². The molecule has 0 bridgehead atoms. The Morgan fingerprint density at radius 2 is 1.50 bits per heavy atom. The van der Waals surface area contributed by atoms with Gasteiger partial charge in [0.25, 0.3) is 0 Å². The zero-order valence-corrected chi connectivity index (χ0v) is 12.5. The molecule has 16 heavy (non-hydrogen) atoms. The Labute approximate surface area is 112 Å². The lowest BCUT2D eigenvalue weighted by molar-refractivity contribution is 0.184. The van der Waals surface area contributed by atoms with E-state index in [0.29, 0.717) is 10.8 Å². The van der Waals surface area contributed by atoms with Crippen molar-refractivity contribution >= 4 is 24.8 Å². The molecule has 2 aliphatic heterocycles. The quantitative estimate of drug-likeness (QED) is 0.787. The highest BCUT2D eigenvalue weighted by Gasteiger charge is 2.47. The van der Waals surface area contributed by atoms with Gasteiger partial charge in [-0.1, -0.05) is 27.7 Å². The molecule has 2 saturated heterocycles. The Bertz CT molecular complexity index is 207. The summed E-state index contributed by atoms with van der Waals surface area (Å²) >= 11 is 0. The molecule has 0 saturated carbocycles. The molecule has 0 aromatic carbocycles. The molecule has 1 N–H and O–H groups in total. The van der Waals surface area contributed by atoms with Crippen molar-refractivity contribution in [2.24, 2.45) is 10.8 Å². The molecule has 0 aromatic heterocycles. The molecule has 2 rings (SSSR count). The zero-order valence-electron chi connectivity index (χ0n) is 10.9. The van der Waals surface area contributed by atoms with Gasteiger partial charge < -0.3 is 5.32 Å². The van der Waals surface area contributed by atoms with Crippen molar-refractivity contribution in [1.29, 1.82) is 0 Å². The highest BCUT2D eigenvalue weighted by Crippen LogP contribution is 2.46. The zero-order chi connectivity index (χ0) is 10.4. The maximum absolute atomic E-state index is 3.46. The van der Waals surface area contributed by atoms with Gasteiger partial charge in [-0.3, -0.25) is 4.90 Å². The minimum absolute atomic E-state index is 0. The summed E-state index contributed by atoms with van der Waals surface area (Å²) in [6.45, 7) is 14.6. The Morgan fingerprint density at radius 1 is 1.00 bits per heavy atom. The molecule has 4 heteroatoms. The standard InChI is InChI=1S/C12H24N2.2ClH/c1-11(2)8-14(9-12(11,3)4)10-5-6-13-7-10;;/h10,13H,5-9H2,1-4H3;2*1H/t10-;;/m0../s1. The fraction of sp³-hybridized carbons (Fsp3) is 1.00. The number of rotatable bonds is 1. The summed E-state index contributed by atoms with van der Waals surface area (Å²) in [4.78, 5) is 2.69. The Hall–Kier alpha value is 0.500.